The Balaban J connectivity index is 2.71. The van der Waals surface area contributed by atoms with Crippen molar-refractivity contribution in [1.29, 1.82) is 0 Å². The third kappa shape index (κ3) is 4.45. The average Bonchev–Trinajstić information content (AvgIpc) is 2.28. The van der Waals surface area contributed by atoms with Gasteiger partial charge in [-0.05, 0) is 25.1 Å². The Morgan fingerprint density at radius 1 is 1.41 bits per heavy atom. The molecule has 5 heteroatoms. The van der Waals surface area contributed by atoms with E-state index in [0.717, 1.165) is 0 Å². The predicted molar refractivity (Wildman–Crippen MR) is 70.8 cm³/mol. The summed E-state index contributed by atoms with van der Waals surface area (Å²) >= 11 is 11.9. The Morgan fingerprint density at radius 2 is 2.12 bits per heavy atom. The molecule has 0 bridgehead atoms. The van der Waals surface area contributed by atoms with Gasteiger partial charge in [0.2, 0.25) is 0 Å². The zero-order valence-electron chi connectivity index (χ0n) is 9.96. The fourth-order valence-corrected chi connectivity index (χ4v) is 2.00. The predicted octanol–water partition coefficient (Wildman–Crippen LogP) is 2.44. The molecule has 0 amide bonds. The van der Waals surface area contributed by atoms with Gasteiger partial charge in [-0.25, -0.2) is 0 Å². The molecule has 0 aliphatic carbocycles. The Labute approximate surface area is 112 Å². The van der Waals surface area contributed by atoms with Crippen molar-refractivity contribution >= 4 is 23.2 Å². The van der Waals surface area contributed by atoms with Crippen molar-refractivity contribution in [3.63, 3.8) is 0 Å². The zero-order valence-corrected chi connectivity index (χ0v) is 11.5. The molecule has 1 aromatic rings. The molecule has 1 rings (SSSR count). The van der Waals surface area contributed by atoms with Crippen molar-refractivity contribution in [3.8, 4) is 0 Å². The van der Waals surface area contributed by atoms with Gasteiger partial charge in [-0.15, -0.1) is 0 Å². The molecule has 0 heterocycles. The molecule has 0 saturated heterocycles. The van der Waals surface area contributed by atoms with E-state index in [1.165, 1.54) is 0 Å². The fourth-order valence-electron chi connectivity index (χ4n) is 1.51. The van der Waals surface area contributed by atoms with E-state index in [4.69, 9.17) is 27.9 Å². The first-order valence-corrected chi connectivity index (χ1v) is 6.10. The summed E-state index contributed by atoms with van der Waals surface area (Å²) < 4.78 is 4.91. The van der Waals surface area contributed by atoms with Crippen LogP contribution in [0.25, 0.3) is 0 Å². The van der Waals surface area contributed by atoms with Crippen LogP contribution in [0.4, 0.5) is 0 Å². The quantitative estimate of drug-likeness (QED) is 0.785. The highest BCUT2D eigenvalue weighted by molar-refractivity contribution is 6.33. The normalized spacial score (nSPS) is 14.6. The van der Waals surface area contributed by atoms with Crippen LogP contribution < -0.4 is 5.32 Å². The van der Waals surface area contributed by atoms with Crippen molar-refractivity contribution < 1.29 is 9.84 Å². The number of hydrogen-bond acceptors (Lipinski definition) is 3. The van der Waals surface area contributed by atoms with Gasteiger partial charge in [0.25, 0.3) is 0 Å². The standard InChI is InChI=1S/C12H17Cl2NO2/c1-12(16,8-15-5-6-17-2)10-7-9(13)3-4-11(10)14/h3-4,7,15-16H,5-6,8H2,1-2H3. The van der Waals surface area contributed by atoms with Crippen LogP contribution in [0, 0.1) is 0 Å². The van der Waals surface area contributed by atoms with Crippen LogP contribution in [-0.4, -0.2) is 31.9 Å². The van der Waals surface area contributed by atoms with Gasteiger partial charge in [-0.2, -0.15) is 0 Å². The minimum atomic E-state index is -1.06. The smallest absolute Gasteiger partial charge is 0.101 e. The number of ether oxygens (including phenoxy) is 1. The van der Waals surface area contributed by atoms with Gasteiger partial charge < -0.3 is 15.2 Å². The van der Waals surface area contributed by atoms with E-state index in [0.29, 0.717) is 35.3 Å². The highest BCUT2D eigenvalue weighted by Crippen LogP contribution is 2.30. The lowest BCUT2D eigenvalue weighted by molar-refractivity contribution is 0.0551. The summed E-state index contributed by atoms with van der Waals surface area (Å²) in [6.07, 6.45) is 0. The Hall–Kier alpha value is -0.320. The monoisotopic (exact) mass is 277 g/mol. The van der Waals surface area contributed by atoms with Gasteiger partial charge in [0.05, 0.1) is 6.61 Å². The number of rotatable bonds is 6. The van der Waals surface area contributed by atoms with Crippen LogP contribution in [-0.2, 0) is 10.3 Å². The first-order chi connectivity index (χ1) is 7.97. The molecule has 0 aliphatic rings. The summed E-state index contributed by atoms with van der Waals surface area (Å²) in [4.78, 5) is 0. The molecule has 1 aromatic carbocycles. The molecule has 96 valence electrons. The molecule has 0 saturated carbocycles. The van der Waals surface area contributed by atoms with Crippen molar-refractivity contribution in [2.75, 3.05) is 26.8 Å². The summed E-state index contributed by atoms with van der Waals surface area (Å²) in [5.74, 6) is 0. The third-order valence-electron chi connectivity index (χ3n) is 2.46. The summed E-state index contributed by atoms with van der Waals surface area (Å²) in [5, 5.41) is 14.5. The van der Waals surface area contributed by atoms with Crippen LogP contribution in [0.1, 0.15) is 12.5 Å². The second-order valence-electron chi connectivity index (χ2n) is 4.07. The third-order valence-corrected chi connectivity index (χ3v) is 3.03. The Bertz CT molecular complexity index is 370. The van der Waals surface area contributed by atoms with Crippen molar-refractivity contribution in [2.45, 2.75) is 12.5 Å². The van der Waals surface area contributed by atoms with E-state index in [9.17, 15) is 5.11 Å². The number of methoxy groups -OCH3 is 1. The molecule has 0 fully saturated rings. The van der Waals surface area contributed by atoms with Crippen LogP contribution in [0.2, 0.25) is 10.0 Å². The summed E-state index contributed by atoms with van der Waals surface area (Å²) in [5.41, 5.74) is -0.438. The lowest BCUT2D eigenvalue weighted by Crippen LogP contribution is -2.37. The first-order valence-electron chi connectivity index (χ1n) is 5.35. The van der Waals surface area contributed by atoms with Crippen molar-refractivity contribution in [2.24, 2.45) is 0 Å². The number of nitrogens with one attached hydrogen (secondary N) is 1. The maximum absolute atomic E-state index is 10.3. The van der Waals surface area contributed by atoms with Crippen LogP contribution in [0.3, 0.4) is 0 Å². The minimum Gasteiger partial charge on any atom is -0.384 e. The first kappa shape index (κ1) is 14.7. The number of benzene rings is 1. The van der Waals surface area contributed by atoms with E-state index < -0.39 is 5.60 Å². The van der Waals surface area contributed by atoms with Crippen LogP contribution >= 0.6 is 23.2 Å². The van der Waals surface area contributed by atoms with Crippen molar-refractivity contribution in [1.82, 2.24) is 5.32 Å². The van der Waals surface area contributed by atoms with Gasteiger partial charge in [0.15, 0.2) is 0 Å². The van der Waals surface area contributed by atoms with E-state index in [1.54, 1.807) is 32.2 Å². The van der Waals surface area contributed by atoms with Gasteiger partial charge in [-0.3, -0.25) is 0 Å². The maximum atomic E-state index is 10.3. The SMILES string of the molecule is COCCNCC(C)(O)c1cc(Cl)ccc1Cl. The van der Waals surface area contributed by atoms with Crippen LogP contribution in [0.5, 0.6) is 0 Å². The molecule has 17 heavy (non-hydrogen) atoms. The molecule has 0 aliphatic heterocycles. The highest BCUT2D eigenvalue weighted by atomic mass is 35.5. The molecule has 3 nitrogen and oxygen atoms in total. The summed E-state index contributed by atoms with van der Waals surface area (Å²) in [7, 11) is 1.63. The maximum Gasteiger partial charge on any atom is 0.101 e. The lowest BCUT2D eigenvalue weighted by atomic mass is 9.96. The van der Waals surface area contributed by atoms with Crippen LogP contribution in [0.15, 0.2) is 18.2 Å². The van der Waals surface area contributed by atoms with Gasteiger partial charge >= 0.3 is 0 Å². The molecule has 0 radical (unpaired) electrons. The molecule has 1 atom stereocenters. The number of hydrogen-bond donors (Lipinski definition) is 2. The van der Waals surface area contributed by atoms with E-state index in [2.05, 4.69) is 5.32 Å². The second kappa shape index (κ2) is 6.57. The lowest BCUT2D eigenvalue weighted by Gasteiger charge is -2.25. The van der Waals surface area contributed by atoms with Gasteiger partial charge in [-0.1, -0.05) is 23.2 Å². The number of aliphatic hydroxyl groups is 1. The Kier molecular flexibility index (Phi) is 5.70. The van der Waals surface area contributed by atoms with E-state index >= 15 is 0 Å². The molecule has 1 unspecified atom stereocenters. The van der Waals surface area contributed by atoms with Gasteiger partial charge in [0.1, 0.15) is 5.60 Å². The minimum absolute atomic E-state index is 0.385. The summed E-state index contributed by atoms with van der Waals surface area (Å²) in [6.45, 7) is 3.35. The molecule has 2 N–H and O–H groups in total. The Morgan fingerprint density at radius 3 is 2.76 bits per heavy atom. The topological polar surface area (TPSA) is 41.5 Å². The second-order valence-corrected chi connectivity index (χ2v) is 4.91. The van der Waals surface area contributed by atoms with Crippen molar-refractivity contribution in [3.05, 3.63) is 33.8 Å². The fraction of sp³-hybridized carbons (Fsp3) is 0.500. The molecule has 0 aromatic heterocycles. The van der Waals surface area contributed by atoms with Gasteiger partial charge in [0, 0.05) is 35.8 Å². The summed E-state index contributed by atoms with van der Waals surface area (Å²) in [6, 6.07) is 5.06. The molecular weight excluding hydrogens is 261 g/mol. The van der Waals surface area contributed by atoms with E-state index in [-0.39, 0.29) is 0 Å². The molecular formula is C12H17Cl2NO2. The van der Waals surface area contributed by atoms with E-state index in [1.807, 2.05) is 0 Å². The molecule has 0 spiro atoms. The number of halogens is 2. The largest absolute Gasteiger partial charge is 0.384 e. The average molecular weight is 278 g/mol. The zero-order chi connectivity index (χ0) is 12.9. The highest BCUT2D eigenvalue weighted by Gasteiger charge is 2.25.